The molecule has 0 aromatic carbocycles. The average molecular weight is 212 g/mol. The second-order valence-corrected chi connectivity index (χ2v) is 4.92. The summed E-state index contributed by atoms with van der Waals surface area (Å²) in [6.07, 6.45) is 3.51. The first kappa shape index (κ1) is 11.4. The number of ether oxygens (including phenoxy) is 1. The molecule has 15 heavy (non-hydrogen) atoms. The summed E-state index contributed by atoms with van der Waals surface area (Å²) in [5.74, 6) is 0. The summed E-state index contributed by atoms with van der Waals surface area (Å²) in [4.78, 5) is 2.58. The van der Waals surface area contributed by atoms with Gasteiger partial charge in [-0.15, -0.1) is 0 Å². The van der Waals surface area contributed by atoms with E-state index in [0.717, 1.165) is 39.1 Å². The second kappa shape index (κ2) is 4.40. The molecule has 2 atom stereocenters. The van der Waals surface area contributed by atoms with Gasteiger partial charge in [0.25, 0.3) is 0 Å². The fraction of sp³-hybridized carbons (Fsp3) is 1.00. The molecule has 2 aliphatic rings. The maximum atomic E-state index is 6.24. The number of hydrogen-bond donors (Lipinski definition) is 1. The Morgan fingerprint density at radius 2 is 1.87 bits per heavy atom. The zero-order valence-electron chi connectivity index (χ0n) is 10.0. The van der Waals surface area contributed by atoms with Crippen molar-refractivity contribution < 1.29 is 4.74 Å². The zero-order chi connectivity index (χ0) is 10.9. The highest BCUT2D eigenvalue weighted by Crippen LogP contribution is 2.50. The van der Waals surface area contributed by atoms with Gasteiger partial charge in [0.1, 0.15) is 0 Å². The minimum Gasteiger partial charge on any atom is -0.381 e. The SMILES string of the molecule is CCN(CC)C1CC(N)C12CCOCC2. The summed E-state index contributed by atoms with van der Waals surface area (Å²) in [7, 11) is 0. The Hall–Kier alpha value is -0.120. The molecule has 0 aromatic rings. The highest BCUT2D eigenvalue weighted by Gasteiger charge is 2.55. The van der Waals surface area contributed by atoms with E-state index < -0.39 is 0 Å². The van der Waals surface area contributed by atoms with Crippen molar-refractivity contribution in [1.29, 1.82) is 0 Å². The van der Waals surface area contributed by atoms with Crippen molar-refractivity contribution in [2.45, 2.75) is 45.2 Å². The van der Waals surface area contributed by atoms with E-state index in [0.29, 0.717) is 17.5 Å². The molecule has 2 unspecified atom stereocenters. The van der Waals surface area contributed by atoms with Crippen molar-refractivity contribution in [2.24, 2.45) is 11.1 Å². The molecule has 1 saturated carbocycles. The molecule has 1 saturated heterocycles. The van der Waals surface area contributed by atoms with Crippen molar-refractivity contribution in [2.75, 3.05) is 26.3 Å². The third kappa shape index (κ3) is 1.71. The summed E-state index contributed by atoms with van der Waals surface area (Å²) >= 11 is 0. The van der Waals surface area contributed by atoms with Crippen LogP contribution in [-0.2, 0) is 4.74 Å². The lowest BCUT2D eigenvalue weighted by Crippen LogP contribution is -2.68. The van der Waals surface area contributed by atoms with Gasteiger partial charge in [-0.3, -0.25) is 0 Å². The molecule has 1 spiro atoms. The topological polar surface area (TPSA) is 38.5 Å². The molecule has 3 heteroatoms. The maximum Gasteiger partial charge on any atom is 0.0472 e. The van der Waals surface area contributed by atoms with E-state index in [9.17, 15) is 0 Å². The lowest BCUT2D eigenvalue weighted by atomic mass is 9.56. The smallest absolute Gasteiger partial charge is 0.0472 e. The van der Waals surface area contributed by atoms with E-state index >= 15 is 0 Å². The summed E-state index contributed by atoms with van der Waals surface area (Å²) in [6.45, 7) is 8.62. The molecule has 2 N–H and O–H groups in total. The van der Waals surface area contributed by atoms with Crippen LogP contribution in [0.15, 0.2) is 0 Å². The van der Waals surface area contributed by atoms with Crippen LogP contribution in [0, 0.1) is 5.41 Å². The highest BCUT2D eigenvalue weighted by atomic mass is 16.5. The summed E-state index contributed by atoms with van der Waals surface area (Å²) in [5, 5.41) is 0. The van der Waals surface area contributed by atoms with Gasteiger partial charge in [0, 0.05) is 30.7 Å². The Labute approximate surface area is 93.0 Å². The van der Waals surface area contributed by atoms with Crippen LogP contribution in [-0.4, -0.2) is 43.3 Å². The Bertz CT molecular complexity index is 210. The van der Waals surface area contributed by atoms with Gasteiger partial charge in [-0.25, -0.2) is 0 Å². The predicted molar refractivity (Wildman–Crippen MR) is 61.8 cm³/mol. The minimum absolute atomic E-state index is 0.379. The molecule has 3 nitrogen and oxygen atoms in total. The van der Waals surface area contributed by atoms with Gasteiger partial charge in [-0.05, 0) is 32.4 Å². The molecule has 1 aliphatic carbocycles. The van der Waals surface area contributed by atoms with E-state index in [-0.39, 0.29) is 0 Å². The van der Waals surface area contributed by atoms with Gasteiger partial charge in [0.15, 0.2) is 0 Å². The van der Waals surface area contributed by atoms with Crippen LogP contribution >= 0.6 is 0 Å². The molecule has 88 valence electrons. The van der Waals surface area contributed by atoms with Crippen molar-refractivity contribution in [1.82, 2.24) is 4.90 Å². The first-order valence-corrected chi connectivity index (χ1v) is 6.32. The predicted octanol–water partition coefficient (Wildman–Crippen LogP) is 1.22. The van der Waals surface area contributed by atoms with Crippen molar-refractivity contribution in [3.8, 4) is 0 Å². The summed E-state index contributed by atoms with van der Waals surface area (Å²) in [5.41, 5.74) is 6.62. The van der Waals surface area contributed by atoms with Gasteiger partial charge < -0.3 is 15.4 Å². The fourth-order valence-electron chi connectivity index (χ4n) is 3.43. The molecule has 1 aliphatic heterocycles. The summed E-state index contributed by atoms with van der Waals surface area (Å²) in [6, 6.07) is 1.12. The van der Waals surface area contributed by atoms with Crippen LogP contribution in [0.4, 0.5) is 0 Å². The molecular weight excluding hydrogens is 188 g/mol. The van der Waals surface area contributed by atoms with Crippen LogP contribution in [0.25, 0.3) is 0 Å². The van der Waals surface area contributed by atoms with Crippen molar-refractivity contribution in [3.05, 3.63) is 0 Å². The van der Waals surface area contributed by atoms with Crippen molar-refractivity contribution >= 4 is 0 Å². The van der Waals surface area contributed by atoms with Crippen LogP contribution < -0.4 is 5.73 Å². The maximum absolute atomic E-state index is 6.24. The lowest BCUT2D eigenvalue weighted by molar-refractivity contribution is -0.111. The van der Waals surface area contributed by atoms with Crippen LogP contribution in [0.1, 0.15) is 33.1 Å². The Morgan fingerprint density at radius 3 is 2.33 bits per heavy atom. The molecule has 0 amide bonds. The Morgan fingerprint density at radius 1 is 1.27 bits per heavy atom. The third-order valence-corrected chi connectivity index (χ3v) is 4.56. The first-order valence-electron chi connectivity index (χ1n) is 6.32. The highest BCUT2D eigenvalue weighted by molar-refractivity contribution is 5.10. The lowest BCUT2D eigenvalue weighted by Gasteiger charge is -2.60. The van der Waals surface area contributed by atoms with Crippen molar-refractivity contribution in [3.63, 3.8) is 0 Å². The monoisotopic (exact) mass is 212 g/mol. The van der Waals surface area contributed by atoms with Gasteiger partial charge in [-0.2, -0.15) is 0 Å². The number of hydrogen-bond acceptors (Lipinski definition) is 3. The van der Waals surface area contributed by atoms with Gasteiger partial charge in [-0.1, -0.05) is 13.8 Å². The summed E-state index contributed by atoms with van der Waals surface area (Å²) < 4.78 is 5.47. The molecule has 2 rings (SSSR count). The number of rotatable bonds is 3. The van der Waals surface area contributed by atoms with E-state index in [1.807, 2.05) is 0 Å². The second-order valence-electron chi connectivity index (χ2n) is 4.92. The Balaban J connectivity index is 2.06. The largest absolute Gasteiger partial charge is 0.381 e. The molecule has 0 aromatic heterocycles. The first-order chi connectivity index (χ1) is 7.24. The van der Waals surface area contributed by atoms with Gasteiger partial charge in [0.05, 0.1) is 0 Å². The standard InChI is InChI=1S/C12H24N2O/c1-3-14(4-2)11-9-10(13)12(11)5-7-15-8-6-12/h10-11H,3-9,13H2,1-2H3. The fourth-order valence-corrected chi connectivity index (χ4v) is 3.43. The van der Waals surface area contributed by atoms with Crippen LogP contribution in [0.2, 0.25) is 0 Å². The van der Waals surface area contributed by atoms with Crippen LogP contribution in [0.5, 0.6) is 0 Å². The number of nitrogens with two attached hydrogens (primary N) is 1. The van der Waals surface area contributed by atoms with E-state index in [2.05, 4.69) is 18.7 Å². The Kier molecular flexibility index (Phi) is 3.33. The minimum atomic E-state index is 0.379. The van der Waals surface area contributed by atoms with Gasteiger partial charge >= 0.3 is 0 Å². The van der Waals surface area contributed by atoms with Gasteiger partial charge in [0.2, 0.25) is 0 Å². The average Bonchev–Trinajstić information content (AvgIpc) is 2.31. The normalized spacial score (nSPS) is 34.4. The molecule has 1 heterocycles. The van der Waals surface area contributed by atoms with E-state index in [1.165, 1.54) is 6.42 Å². The molecule has 0 radical (unpaired) electrons. The third-order valence-electron chi connectivity index (χ3n) is 4.56. The molecular formula is C12H24N2O. The van der Waals surface area contributed by atoms with E-state index in [1.54, 1.807) is 0 Å². The van der Waals surface area contributed by atoms with Crippen LogP contribution in [0.3, 0.4) is 0 Å². The molecule has 2 fully saturated rings. The quantitative estimate of drug-likeness (QED) is 0.764. The zero-order valence-corrected chi connectivity index (χ0v) is 10.0. The molecule has 0 bridgehead atoms. The number of nitrogens with zero attached hydrogens (tertiary/aromatic N) is 1. The van der Waals surface area contributed by atoms with E-state index in [4.69, 9.17) is 10.5 Å².